The van der Waals surface area contributed by atoms with E-state index < -0.39 is 21.0 Å². The number of carbonyl (C=O) groups is 1. The lowest BCUT2D eigenvalue weighted by molar-refractivity contribution is -0.108. The van der Waals surface area contributed by atoms with Crippen LogP contribution in [-0.4, -0.2) is 20.0 Å². The van der Waals surface area contributed by atoms with Crippen LogP contribution in [0.2, 0.25) is 0 Å². The van der Waals surface area contributed by atoms with E-state index in [1.165, 1.54) is 5.56 Å². The zero-order chi connectivity index (χ0) is 15.7. The average Bonchev–Trinajstić information content (AvgIpc) is 3.31. The molecule has 2 aromatic carbocycles. The Bertz CT molecular complexity index is 764. The Balaban J connectivity index is 1.93. The number of sulfone groups is 1. The van der Waals surface area contributed by atoms with Gasteiger partial charge in [-0.1, -0.05) is 49.4 Å². The fourth-order valence-corrected chi connectivity index (χ4v) is 5.15. The van der Waals surface area contributed by atoms with Crippen molar-refractivity contribution in [2.75, 3.05) is 0 Å². The first kappa shape index (κ1) is 15.0. The lowest BCUT2D eigenvalue weighted by Crippen LogP contribution is -2.10. The number of rotatable bonds is 5. The second-order valence-corrected chi connectivity index (χ2v) is 7.76. The van der Waals surface area contributed by atoms with Gasteiger partial charge < -0.3 is 4.79 Å². The predicted molar refractivity (Wildman–Crippen MR) is 85.5 cm³/mol. The summed E-state index contributed by atoms with van der Waals surface area (Å²) in [5.74, 6) is -0.675. The van der Waals surface area contributed by atoms with Gasteiger partial charge in [-0.15, -0.1) is 0 Å². The summed E-state index contributed by atoms with van der Waals surface area (Å²) in [6.07, 6.45) is 1.72. The molecule has 0 spiro atoms. The van der Waals surface area contributed by atoms with Crippen LogP contribution >= 0.6 is 0 Å². The summed E-state index contributed by atoms with van der Waals surface area (Å²) in [5, 5.41) is -0.639. The molecule has 1 fully saturated rings. The van der Waals surface area contributed by atoms with Gasteiger partial charge in [0, 0.05) is 11.8 Å². The summed E-state index contributed by atoms with van der Waals surface area (Å²) >= 11 is 0. The van der Waals surface area contributed by atoms with Gasteiger partial charge in [0.1, 0.15) is 6.29 Å². The van der Waals surface area contributed by atoms with Crippen molar-refractivity contribution in [1.29, 1.82) is 0 Å². The number of benzene rings is 2. The largest absolute Gasteiger partial charge is 0.303 e. The monoisotopic (exact) mass is 314 g/mol. The lowest BCUT2D eigenvalue weighted by atomic mass is 10.1. The normalized spacial score (nSPS) is 24.0. The fraction of sp³-hybridized carbons (Fsp3) is 0.278. The van der Waals surface area contributed by atoms with Gasteiger partial charge in [-0.25, -0.2) is 8.42 Å². The Morgan fingerprint density at radius 2 is 1.64 bits per heavy atom. The van der Waals surface area contributed by atoms with Crippen molar-refractivity contribution in [3.05, 3.63) is 65.7 Å². The molecule has 0 N–H and O–H groups in total. The molecule has 0 unspecified atom stereocenters. The topological polar surface area (TPSA) is 51.2 Å². The van der Waals surface area contributed by atoms with Crippen LogP contribution in [0.1, 0.15) is 24.0 Å². The Kier molecular flexibility index (Phi) is 3.87. The molecule has 1 saturated carbocycles. The molecule has 0 aliphatic heterocycles. The number of aldehydes is 1. The summed E-state index contributed by atoms with van der Waals surface area (Å²) < 4.78 is 25.4. The molecule has 3 nitrogen and oxygen atoms in total. The van der Waals surface area contributed by atoms with Crippen LogP contribution in [0.4, 0.5) is 0 Å². The Morgan fingerprint density at radius 3 is 2.18 bits per heavy atom. The van der Waals surface area contributed by atoms with E-state index in [2.05, 4.69) is 6.92 Å². The third-order valence-electron chi connectivity index (χ3n) is 4.37. The first-order valence-electron chi connectivity index (χ1n) is 7.42. The quantitative estimate of drug-likeness (QED) is 0.797. The molecule has 3 rings (SSSR count). The van der Waals surface area contributed by atoms with Crippen molar-refractivity contribution in [2.45, 2.75) is 29.4 Å². The molecule has 114 valence electrons. The zero-order valence-electron chi connectivity index (χ0n) is 12.3. The molecule has 0 bridgehead atoms. The van der Waals surface area contributed by atoms with E-state index in [4.69, 9.17) is 0 Å². The van der Waals surface area contributed by atoms with E-state index in [0.717, 1.165) is 18.3 Å². The van der Waals surface area contributed by atoms with Gasteiger partial charge in [-0.2, -0.15) is 0 Å². The summed E-state index contributed by atoms with van der Waals surface area (Å²) in [4.78, 5) is 11.6. The first-order valence-corrected chi connectivity index (χ1v) is 8.97. The standard InChI is InChI=1S/C18H18O3S/c1-2-13-8-10-14(11-9-13)17-16(12-19)18(17)22(20,21)15-6-4-3-5-7-15/h3-12,16-18H,2H2,1H3/t16-,17-,18-/m0/s1. The minimum absolute atomic E-state index is 0.228. The summed E-state index contributed by atoms with van der Waals surface area (Å²) in [6, 6.07) is 16.3. The third-order valence-corrected chi connectivity index (χ3v) is 6.62. The highest BCUT2D eigenvalue weighted by atomic mass is 32.2. The maximum atomic E-state index is 12.7. The first-order chi connectivity index (χ1) is 10.6. The van der Waals surface area contributed by atoms with Crippen molar-refractivity contribution in [1.82, 2.24) is 0 Å². The maximum absolute atomic E-state index is 12.7. The fourth-order valence-electron chi connectivity index (χ4n) is 3.02. The smallest absolute Gasteiger partial charge is 0.182 e. The van der Waals surface area contributed by atoms with Crippen LogP contribution in [-0.2, 0) is 21.1 Å². The number of carbonyl (C=O) groups excluding carboxylic acids is 1. The van der Waals surface area contributed by atoms with Crippen LogP contribution in [0.25, 0.3) is 0 Å². The Hall–Kier alpha value is -1.94. The molecule has 0 heterocycles. The number of hydrogen-bond acceptors (Lipinski definition) is 3. The highest BCUT2D eigenvalue weighted by Crippen LogP contribution is 2.52. The average molecular weight is 314 g/mol. The van der Waals surface area contributed by atoms with Gasteiger partial charge in [0.25, 0.3) is 0 Å². The van der Waals surface area contributed by atoms with E-state index in [0.29, 0.717) is 4.90 Å². The second-order valence-electron chi connectivity index (χ2n) is 5.66. The van der Waals surface area contributed by atoms with Crippen LogP contribution < -0.4 is 0 Å². The van der Waals surface area contributed by atoms with Crippen molar-refractivity contribution in [2.24, 2.45) is 5.92 Å². The SMILES string of the molecule is CCc1ccc([C@H]2[C@H](C=O)[C@@H]2S(=O)(=O)c2ccccc2)cc1. The minimum atomic E-state index is -3.47. The van der Waals surface area contributed by atoms with Gasteiger partial charge in [-0.3, -0.25) is 0 Å². The highest BCUT2D eigenvalue weighted by molar-refractivity contribution is 7.92. The Labute approximate surface area is 130 Å². The van der Waals surface area contributed by atoms with E-state index >= 15 is 0 Å². The highest BCUT2D eigenvalue weighted by Gasteiger charge is 2.58. The number of aryl methyl sites for hydroxylation is 1. The Morgan fingerprint density at radius 1 is 1.00 bits per heavy atom. The van der Waals surface area contributed by atoms with Crippen molar-refractivity contribution in [3.8, 4) is 0 Å². The predicted octanol–water partition coefficient (Wildman–Crippen LogP) is 3.00. The van der Waals surface area contributed by atoms with Crippen molar-refractivity contribution in [3.63, 3.8) is 0 Å². The second kappa shape index (κ2) is 5.69. The lowest BCUT2D eigenvalue weighted by Gasteiger charge is -2.04. The molecule has 1 aliphatic carbocycles. The molecule has 0 aromatic heterocycles. The summed E-state index contributed by atoms with van der Waals surface area (Å²) in [7, 11) is -3.47. The van der Waals surface area contributed by atoms with Crippen molar-refractivity contribution >= 4 is 16.1 Å². The summed E-state index contributed by atoms with van der Waals surface area (Å²) in [5.41, 5.74) is 2.13. The van der Waals surface area contributed by atoms with E-state index in [-0.39, 0.29) is 5.92 Å². The van der Waals surface area contributed by atoms with Crippen LogP contribution in [0, 0.1) is 5.92 Å². The van der Waals surface area contributed by atoms with Gasteiger partial charge in [-0.05, 0) is 29.7 Å². The van der Waals surface area contributed by atoms with E-state index in [1.54, 1.807) is 30.3 Å². The van der Waals surface area contributed by atoms with Crippen molar-refractivity contribution < 1.29 is 13.2 Å². The molecule has 3 atom stereocenters. The molecular weight excluding hydrogens is 296 g/mol. The molecular formula is C18H18O3S. The molecule has 22 heavy (non-hydrogen) atoms. The van der Waals surface area contributed by atoms with Gasteiger partial charge in [0.05, 0.1) is 10.1 Å². The van der Waals surface area contributed by atoms with E-state index in [9.17, 15) is 13.2 Å². The molecule has 1 aliphatic rings. The van der Waals surface area contributed by atoms with Gasteiger partial charge in [0.2, 0.25) is 0 Å². The van der Waals surface area contributed by atoms with Crippen LogP contribution in [0.5, 0.6) is 0 Å². The van der Waals surface area contributed by atoms with E-state index in [1.807, 2.05) is 24.3 Å². The number of hydrogen-bond donors (Lipinski definition) is 0. The molecule has 0 saturated heterocycles. The third kappa shape index (κ3) is 2.48. The van der Waals surface area contributed by atoms with Crippen LogP contribution in [0.3, 0.4) is 0 Å². The molecule has 0 amide bonds. The maximum Gasteiger partial charge on any atom is 0.182 e. The van der Waals surface area contributed by atoms with Crippen LogP contribution in [0.15, 0.2) is 59.5 Å². The van der Waals surface area contributed by atoms with Gasteiger partial charge in [0.15, 0.2) is 9.84 Å². The minimum Gasteiger partial charge on any atom is -0.303 e. The summed E-state index contributed by atoms with van der Waals surface area (Å²) in [6.45, 7) is 2.07. The zero-order valence-corrected chi connectivity index (χ0v) is 13.2. The molecule has 0 radical (unpaired) electrons. The van der Waals surface area contributed by atoms with Gasteiger partial charge >= 0.3 is 0 Å². The molecule has 4 heteroatoms. The molecule has 2 aromatic rings.